The molecule has 0 nitrogen and oxygen atoms in total. The Morgan fingerprint density at radius 2 is 1.16 bits per heavy atom. The van der Waals surface area contributed by atoms with Crippen molar-refractivity contribution in [1.82, 2.24) is 0 Å². The second-order valence-corrected chi connectivity index (χ2v) is 6.84. The van der Waals surface area contributed by atoms with Gasteiger partial charge in [0, 0.05) is 0 Å². The second kappa shape index (κ2) is 7.99. The SMILES string of the molecule is ClC(Cl)=C(Cl)C#CSc1c(Cl)c(Cl)c(Cl)c(Cl)c1Cl. The zero-order valence-electron chi connectivity index (χ0n) is 8.43. The molecule has 0 aliphatic heterocycles. The predicted octanol–water partition coefficient (Wildman–Crippen LogP) is 7.89. The molecular weight excluding hydrogens is 436 g/mol. The molecule has 1 rings (SSSR count). The maximum Gasteiger partial charge on any atom is 0.133 e. The molecule has 9 heteroatoms. The largest absolute Gasteiger partial charge is 0.133 e. The number of allylic oxidation sites excluding steroid dienone is 1. The van der Waals surface area contributed by atoms with Gasteiger partial charge in [0.15, 0.2) is 0 Å². The zero-order chi connectivity index (χ0) is 14.7. The first-order chi connectivity index (χ1) is 8.77. The maximum absolute atomic E-state index is 6.01. The van der Waals surface area contributed by atoms with Crippen molar-refractivity contribution in [1.29, 1.82) is 0 Å². The van der Waals surface area contributed by atoms with Crippen LogP contribution in [0.15, 0.2) is 14.4 Å². The molecule has 0 N–H and O–H groups in total. The van der Waals surface area contributed by atoms with Gasteiger partial charge in [0.05, 0.1) is 30.0 Å². The van der Waals surface area contributed by atoms with Crippen molar-refractivity contribution in [2.24, 2.45) is 0 Å². The van der Waals surface area contributed by atoms with E-state index in [0.29, 0.717) is 4.90 Å². The molecule has 0 aromatic heterocycles. The Morgan fingerprint density at radius 1 is 0.737 bits per heavy atom. The summed E-state index contributed by atoms with van der Waals surface area (Å²) in [6, 6.07) is 0. The van der Waals surface area contributed by atoms with Gasteiger partial charge in [-0.2, -0.15) is 0 Å². The number of rotatable bonds is 1. The Kier molecular flexibility index (Phi) is 7.67. The lowest BCUT2D eigenvalue weighted by atomic mass is 10.3. The van der Waals surface area contributed by atoms with E-state index in [1.54, 1.807) is 0 Å². The van der Waals surface area contributed by atoms with Crippen LogP contribution >= 0.6 is 105 Å². The van der Waals surface area contributed by atoms with E-state index in [4.69, 9.17) is 92.8 Å². The van der Waals surface area contributed by atoms with Crippen molar-refractivity contribution < 1.29 is 0 Å². The van der Waals surface area contributed by atoms with E-state index in [0.717, 1.165) is 11.8 Å². The minimum absolute atomic E-state index is 0.00534. The highest BCUT2D eigenvalue weighted by molar-refractivity contribution is 8.04. The molecule has 1 aromatic rings. The molecule has 0 aliphatic rings. The first kappa shape index (κ1) is 18.2. The van der Waals surface area contributed by atoms with Crippen LogP contribution in [0.1, 0.15) is 0 Å². The lowest BCUT2D eigenvalue weighted by molar-refractivity contribution is 1.47. The minimum Gasteiger partial charge on any atom is -0.0813 e. The Morgan fingerprint density at radius 3 is 1.58 bits per heavy atom. The Labute approximate surface area is 154 Å². The van der Waals surface area contributed by atoms with E-state index < -0.39 is 0 Å². The second-order valence-electron chi connectivity index (χ2n) is 2.80. The van der Waals surface area contributed by atoms with Crippen LogP contribution in [0.5, 0.6) is 0 Å². The zero-order valence-corrected chi connectivity index (χ0v) is 15.3. The molecular formula is C10Cl8S. The van der Waals surface area contributed by atoms with E-state index in [1.807, 2.05) is 0 Å². The van der Waals surface area contributed by atoms with E-state index in [1.165, 1.54) is 0 Å². The van der Waals surface area contributed by atoms with Crippen LogP contribution in [0, 0.1) is 11.2 Å². The first-order valence-electron chi connectivity index (χ1n) is 4.17. The monoisotopic (exact) mass is 432 g/mol. The summed E-state index contributed by atoms with van der Waals surface area (Å²) in [6.07, 6.45) is 0. The molecule has 0 bridgehead atoms. The molecule has 1 aromatic carbocycles. The highest BCUT2D eigenvalue weighted by atomic mass is 35.5. The van der Waals surface area contributed by atoms with Crippen LogP contribution in [-0.2, 0) is 0 Å². The van der Waals surface area contributed by atoms with E-state index in [2.05, 4.69) is 11.2 Å². The Bertz CT molecular complexity index is 577. The third-order valence-electron chi connectivity index (χ3n) is 1.65. The molecule has 0 aliphatic carbocycles. The van der Waals surface area contributed by atoms with E-state index >= 15 is 0 Å². The van der Waals surface area contributed by atoms with Gasteiger partial charge in [-0.1, -0.05) is 92.8 Å². The predicted molar refractivity (Wildman–Crippen MR) is 89.7 cm³/mol. The quantitative estimate of drug-likeness (QED) is 0.187. The number of benzene rings is 1. The Hall–Kier alpha value is 1.19. The third kappa shape index (κ3) is 4.58. The summed E-state index contributed by atoms with van der Waals surface area (Å²) in [6.45, 7) is 0. The summed E-state index contributed by atoms with van der Waals surface area (Å²) >= 11 is 47.1. The van der Waals surface area contributed by atoms with E-state index in [9.17, 15) is 0 Å². The average molecular weight is 436 g/mol. The van der Waals surface area contributed by atoms with Crippen molar-refractivity contribution in [2.75, 3.05) is 0 Å². The summed E-state index contributed by atoms with van der Waals surface area (Å²) in [5, 5.41) is 3.19. The molecule has 0 atom stereocenters. The Balaban J connectivity index is 3.21. The van der Waals surface area contributed by atoms with Crippen molar-refractivity contribution >= 4 is 105 Å². The van der Waals surface area contributed by atoms with Crippen LogP contribution < -0.4 is 0 Å². The molecule has 0 radical (unpaired) electrons. The molecule has 0 saturated heterocycles. The van der Waals surface area contributed by atoms with Gasteiger partial charge in [-0.05, 0) is 22.9 Å². The number of halogens is 8. The third-order valence-corrected chi connectivity index (χ3v) is 5.82. The number of thioether (sulfide) groups is 1. The normalized spacial score (nSPS) is 9.89. The highest BCUT2D eigenvalue weighted by Gasteiger charge is 2.19. The first-order valence-corrected chi connectivity index (χ1v) is 8.01. The molecule has 0 amide bonds. The van der Waals surface area contributed by atoms with Gasteiger partial charge in [0.1, 0.15) is 9.52 Å². The van der Waals surface area contributed by atoms with Crippen molar-refractivity contribution in [3.8, 4) is 11.2 Å². The molecule has 0 heterocycles. The lowest BCUT2D eigenvalue weighted by Crippen LogP contribution is -1.82. The van der Waals surface area contributed by atoms with Crippen LogP contribution in [0.3, 0.4) is 0 Å². The van der Waals surface area contributed by atoms with Gasteiger partial charge in [-0.15, -0.1) is 0 Å². The minimum atomic E-state index is -0.140. The number of hydrogen-bond donors (Lipinski definition) is 0. The molecule has 19 heavy (non-hydrogen) atoms. The topological polar surface area (TPSA) is 0 Å². The number of hydrogen-bond acceptors (Lipinski definition) is 1. The fourth-order valence-corrected chi connectivity index (χ4v) is 3.16. The fraction of sp³-hybridized carbons (Fsp3) is 0. The van der Waals surface area contributed by atoms with Gasteiger partial charge >= 0.3 is 0 Å². The fourth-order valence-electron chi connectivity index (χ4n) is 0.843. The molecule has 102 valence electrons. The molecule has 0 saturated carbocycles. The van der Waals surface area contributed by atoms with Gasteiger partial charge < -0.3 is 0 Å². The van der Waals surface area contributed by atoms with Crippen molar-refractivity contribution in [3.63, 3.8) is 0 Å². The smallest absolute Gasteiger partial charge is 0.0813 e. The van der Waals surface area contributed by atoms with Gasteiger partial charge in [-0.3, -0.25) is 0 Å². The summed E-state index contributed by atoms with van der Waals surface area (Å²) < 4.78 is -0.140. The summed E-state index contributed by atoms with van der Waals surface area (Å²) in [5.41, 5.74) is 0. The lowest BCUT2D eigenvalue weighted by Gasteiger charge is -2.09. The summed E-state index contributed by atoms with van der Waals surface area (Å²) in [4.78, 5) is 0.366. The van der Waals surface area contributed by atoms with Gasteiger partial charge in [-0.25, -0.2) is 0 Å². The molecule has 0 fully saturated rings. The molecule has 0 spiro atoms. The van der Waals surface area contributed by atoms with Crippen LogP contribution in [0.4, 0.5) is 0 Å². The highest BCUT2D eigenvalue weighted by Crippen LogP contribution is 2.47. The summed E-state index contributed by atoms with van der Waals surface area (Å²) in [7, 11) is 0. The van der Waals surface area contributed by atoms with Crippen LogP contribution in [0.2, 0.25) is 25.1 Å². The van der Waals surface area contributed by atoms with Crippen molar-refractivity contribution in [2.45, 2.75) is 4.90 Å². The van der Waals surface area contributed by atoms with E-state index in [-0.39, 0.29) is 34.6 Å². The van der Waals surface area contributed by atoms with Gasteiger partial charge in [0.2, 0.25) is 0 Å². The van der Waals surface area contributed by atoms with Crippen LogP contribution in [-0.4, -0.2) is 0 Å². The van der Waals surface area contributed by atoms with Crippen LogP contribution in [0.25, 0.3) is 0 Å². The maximum atomic E-state index is 6.01. The standard InChI is InChI=1S/C10Cl8S/c11-3(10(17)18)1-2-19-9-7(15)5(13)4(12)6(14)8(9)16. The van der Waals surface area contributed by atoms with Gasteiger partial charge in [0.25, 0.3) is 0 Å². The summed E-state index contributed by atoms with van der Waals surface area (Å²) in [5.74, 6) is 2.50. The average Bonchev–Trinajstić information content (AvgIpc) is 2.37. The molecule has 0 unspecified atom stereocenters. The van der Waals surface area contributed by atoms with Crippen molar-refractivity contribution in [3.05, 3.63) is 34.6 Å².